The Hall–Kier alpha value is -2.89. The van der Waals surface area contributed by atoms with E-state index in [4.69, 9.17) is 0 Å². The second kappa shape index (κ2) is 8.64. The van der Waals surface area contributed by atoms with Gasteiger partial charge in [0.1, 0.15) is 5.82 Å². The summed E-state index contributed by atoms with van der Waals surface area (Å²) >= 11 is 0. The van der Waals surface area contributed by atoms with Crippen molar-refractivity contribution in [3.63, 3.8) is 0 Å². The molecule has 0 atom stereocenters. The normalized spacial score (nSPS) is 14.6. The molecule has 2 amide bonds. The number of anilines is 1. The molecule has 0 aromatic heterocycles. The molecule has 1 fully saturated rings. The van der Waals surface area contributed by atoms with Gasteiger partial charge >= 0.3 is 0 Å². The molecule has 1 N–H and O–H groups in total. The molecule has 1 heterocycles. The van der Waals surface area contributed by atoms with Gasteiger partial charge in [-0.15, -0.1) is 0 Å². The van der Waals surface area contributed by atoms with Crippen LogP contribution in [0.3, 0.4) is 0 Å². The fourth-order valence-corrected chi connectivity index (χ4v) is 3.36. The Morgan fingerprint density at radius 2 is 1.52 bits per heavy atom. The van der Waals surface area contributed by atoms with E-state index in [1.54, 1.807) is 29.2 Å². The number of rotatable bonds is 4. The van der Waals surface area contributed by atoms with Crippen molar-refractivity contribution >= 4 is 17.5 Å². The van der Waals surface area contributed by atoms with Crippen molar-refractivity contribution < 1.29 is 14.0 Å². The lowest BCUT2D eigenvalue weighted by molar-refractivity contribution is -0.130. The highest BCUT2D eigenvalue weighted by atomic mass is 19.1. The Kier molecular flexibility index (Phi) is 6.20. The number of amides is 2. The van der Waals surface area contributed by atoms with Gasteiger partial charge in [0, 0.05) is 37.4 Å². The molecule has 0 spiro atoms. The van der Waals surface area contributed by atoms with Crippen LogP contribution >= 0.6 is 0 Å². The highest BCUT2D eigenvalue weighted by Crippen LogP contribution is 2.22. The largest absolute Gasteiger partial charge is 0.368 e. The number of carbonyl (C=O) groups excluding carboxylic acids is 2. The Balaban J connectivity index is 1.47. The summed E-state index contributed by atoms with van der Waals surface area (Å²) in [6.07, 6.45) is 0. The maximum Gasteiger partial charge on any atom is 0.251 e. The van der Waals surface area contributed by atoms with Crippen LogP contribution in [0, 0.1) is 5.82 Å². The molecule has 29 heavy (non-hydrogen) atoms. The minimum Gasteiger partial charge on any atom is -0.368 e. The van der Waals surface area contributed by atoms with E-state index >= 15 is 0 Å². The van der Waals surface area contributed by atoms with Crippen LogP contribution in [0.5, 0.6) is 0 Å². The molecule has 1 saturated heterocycles. The summed E-state index contributed by atoms with van der Waals surface area (Å²) in [5.41, 5.74) is 2.68. The summed E-state index contributed by atoms with van der Waals surface area (Å²) in [4.78, 5) is 28.7. The van der Waals surface area contributed by atoms with Gasteiger partial charge in [-0.05, 0) is 47.4 Å². The second-order valence-electron chi connectivity index (χ2n) is 8.35. The quantitative estimate of drug-likeness (QED) is 0.862. The number of halogens is 1. The number of nitrogens with one attached hydrogen (secondary N) is 1. The third kappa shape index (κ3) is 5.34. The number of hydrogen-bond acceptors (Lipinski definition) is 3. The summed E-state index contributed by atoms with van der Waals surface area (Å²) in [7, 11) is 0. The average molecular weight is 397 g/mol. The van der Waals surface area contributed by atoms with Gasteiger partial charge in [-0.3, -0.25) is 9.59 Å². The first kappa shape index (κ1) is 20.8. The van der Waals surface area contributed by atoms with Gasteiger partial charge in [0.15, 0.2) is 0 Å². The molecule has 2 aromatic rings. The number of benzene rings is 2. The Morgan fingerprint density at radius 1 is 0.931 bits per heavy atom. The first-order valence-corrected chi connectivity index (χ1v) is 9.91. The summed E-state index contributed by atoms with van der Waals surface area (Å²) in [6.45, 7) is 8.86. The van der Waals surface area contributed by atoms with Gasteiger partial charge in [0.25, 0.3) is 5.91 Å². The molecule has 0 bridgehead atoms. The van der Waals surface area contributed by atoms with Gasteiger partial charge in [0.2, 0.25) is 5.91 Å². The molecule has 6 heteroatoms. The van der Waals surface area contributed by atoms with E-state index in [0.29, 0.717) is 31.7 Å². The third-order valence-corrected chi connectivity index (χ3v) is 5.24. The van der Waals surface area contributed by atoms with Crippen LogP contribution in [-0.4, -0.2) is 49.4 Å². The minimum absolute atomic E-state index is 0.0175. The number of hydrogen-bond donors (Lipinski definition) is 1. The predicted octanol–water partition coefficient (Wildman–Crippen LogP) is 3.20. The lowest BCUT2D eigenvalue weighted by Gasteiger charge is -2.36. The fraction of sp³-hybridized carbons (Fsp3) is 0.391. The number of piperazine rings is 1. The Bertz CT molecular complexity index is 849. The van der Waals surface area contributed by atoms with E-state index in [9.17, 15) is 14.0 Å². The number of carbonyl (C=O) groups is 2. The van der Waals surface area contributed by atoms with E-state index in [-0.39, 0.29) is 29.6 Å². The smallest absolute Gasteiger partial charge is 0.251 e. The molecule has 0 radical (unpaired) electrons. The fourth-order valence-electron chi connectivity index (χ4n) is 3.36. The van der Waals surface area contributed by atoms with Gasteiger partial charge in [-0.1, -0.05) is 32.9 Å². The molecule has 154 valence electrons. The molecule has 3 rings (SSSR count). The molecule has 0 saturated carbocycles. The lowest BCUT2D eigenvalue weighted by Crippen LogP contribution is -2.51. The van der Waals surface area contributed by atoms with Crippen molar-refractivity contribution in [1.29, 1.82) is 0 Å². The zero-order chi connectivity index (χ0) is 21.0. The van der Waals surface area contributed by atoms with Crippen LogP contribution < -0.4 is 10.2 Å². The van der Waals surface area contributed by atoms with Crippen molar-refractivity contribution in [2.75, 3.05) is 37.6 Å². The SMILES string of the molecule is CC(C)(C)c1ccc(C(=O)NCC(=O)N2CCN(c3ccc(F)cc3)CC2)cc1. The molecule has 0 unspecified atom stereocenters. The van der Waals surface area contributed by atoms with E-state index in [1.165, 1.54) is 12.1 Å². The van der Waals surface area contributed by atoms with Crippen LogP contribution in [-0.2, 0) is 10.2 Å². The van der Waals surface area contributed by atoms with Crippen LogP contribution in [0.2, 0.25) is 0 Å². The first-order valence-electron chi connectivity index (χ1n) is 9.91. The molecule has 1 aliphatic heterocycles. The van der Waals surface area contributed by atoms with Crippen molar-refractivity contribution in [2.45, 2.75) is 26.2 Å². The second-order valence-corrected chi connectivity index (χ2v) is 8.35. The average Bonchev–Trinajstić information content (AvgIpc) is 2.72. The maximum absolute atomic E-state index is 13.1. The van der Waals surface area contributed by atoms with Crippen LogP contribution in [0.15, 0.2) is 48.5 Å². The van der Waals surface area contributed by atoms with Crippen molar-refractivity contribution in [1.82, 2.24) is 10.2 Å². The van der Waals surface area contributed by atoms with Gasteiger partial charge < -0.3 is 15.1 Å². The Labute approximate surface area is 171 Å². The molecule has 1 aliphatic rings. The topological polar surface area (TPSA) is 52.7 Å². The summed E-state index contributed by atoms with van der Waals surface area (Å²) in [5.74, 6) is -0.599. The molecule has 5 nitrogen and oxygen atoms in total. The third-order valence-electron chi connectivity index (χ3n) is 5.24. The first-order chi connectivity index (χ1) is 13.7. The summed E-state index contributed by atoms with van der Waals surface area (Å²) in [5, 5.41) is 2.72. The summed E-state index contributed by atoms with van der Waals surface area (Å²) < 4.78 is 13.1. The van der Waals surface area contributed by atoms with Crippen LogP contribution in [0.1, 0.15) is 36.7 Å². The van der Waals surface area contributed by atoms with E-state index in [1.807, 2.05) is 12.1 Å². The number of nitrogens with zero attached hydrogens (tertiary/aromatic N) is 2. The minimum atomic E-state index is -0.258. The monoisotopic (exact) mass is 397 g/mol. The molecule has 0 aliphatic carbocycles. The van der Waals surface area contributed by atoms with Crippen molar-refractivity contribution in [2.24, 2.45) is 0 Å². The van der Waals surface area contributed by atoms with Crippen molar-refractivity contribution in [3.05, 3.63) is 65.5 Å². The summed E-state index contributed by atoms with van der Waals surface area (Å²) in [6, 6.07) is 13.9. The zero-order valence-electron chi connectivity index (χ0n) is 17.2. The van der Waals surface area contributed by atoms with E-state index in [0.717, 1.165) is 11.3 Å². The van der Waals surface area contributed by atoms with Gasteiger partial charge in [0.05, 0.1) is 6.54 Å². The Morgan fingerprint density at radius 3 is 2.07 bits per heavy atom. The lowest BCUT2D eigenvalue weighted by atomic mass is 9.87. The molecular formula is C23H28FN3O2. The van der Waals surface area contributed by atoms with Gasteiger partial charge in [-0.25, -0.2) is 4.39 Å². The van der Waals surface area contributed by atoms with Crippen LogP contribution in [0.25, 0.3) is 0 Å². The zero-order valence-corrected chi connectivity index (χ0v) is 17.2. The van der Waals surface area contributed by atoms with E-state index in [2.05, 4.69) is 31.0 Å². The van der Waals surface area contributed by atoms with Gasteiger partial charge in [-0.2, -0.15) is 0 Å². The standard InChI is InChI=1S/C23H28FN3O2/c1-23(2,3)18-6-4-17(5-7-18)22(29)25-16-21(28)27-14-12-26(13-15-27)20-10-8-19(24)9-11-20/h4-11H,12-16H2,1-3H3,(H,25,29). The highest BCUT2D eigenvalue weighted by Gasteiger charge is 2.22. The van der Waals surface area contributed by atoms with Crippen molar-refractivity contribution in [3.8, 4) is 0 Å². The van der Waals surface area contributed by atoms with E-state index < -0.39 is 0 Å². The highest BCUT2D eigenvalue weighted by molar-refractivity contribution is 5.96. The molecule has 2 aromatic carbocycles. The maximum atomic E-state index is 13.1. The van der Waals surface area contributed by atoms with Crippen LogP contribution in [0.4, 0.5) is 10.1 Å². The predicted molar refractivity (Wildman–Crippen MR) is 113 cm³/mol. The molecular weight excluding hydrogens is 369 g/mol.